The average Bonchev–Trinajstić information content (AvgIpc) is 3.65. The molecule has 2 aliphatic heterocycles. The molecule has 4 aromatic rings. The molecule has 2 aromatic carbocycles. The van der Waals surface area contributed by atoms with Crippen LogP contribution in [0.3, 0.4) is 0 Å². The second-order valence-electron chi connectivity index (χ2n) is 20.4. The quantitative estimate of drug-likeness (QED) is 0.0569. The van der Waals surface area contributed by atoms with Crippen LogP contribution in [0.1, 0.15) is 76.9 Å². The van der Waals surface area contributed by atoms with Gasteiger partial charge in [-0.15, -0.1) is 11.6 Å². The number of allylic oxidation sites excluding steroid dienone is 1. The number of alkyl halides is 1. The van der Waals surface area contributed by atoms with Crippen molar-refractivity contribution >= 4 is 43.8 Å². The van der Waals surface area contributed by atoms with Crippen molar-refractivity contribution in [2.75, 3.05) is 70.1 Å². The van der Waals surface area contributed by atoms with E-state index in [2.05, 4.69) is 45.6 Å². The Bertz CT molecular complexity index is 2460. The number of ether oxygens (including phenoxy) is 2. The van der Waals surface area contributed by atoms with Gasteiger partial charge in [0.05, 0.1) is 28.4 Å². The molecule has 2 bridgehead atoms. The Labute approximate surface area is 363 Å². The Morgan fingerprint density at radius 2 is 1.75 bits per heavy atom. The number of benzene rings is 2. The summed E-state index contributed by atoms with van der Waals surface area (Å²) in [7, 11) is -1.97. The Balaban J connectivity index is 0.827. The van der Waals surface area contributed by atoms with E-state index < -0.39 is 26.6 Å². The van der Waals surface area contributed by atoms with Gasteiger partial charge in [0, 0.05) is 74.0 Å². The number of hydrogen-bond donors (Lipinski definition) is 1. The van der Waals surface area contributed by atoms with Crippen LogP contribution in [-0.4, -0.2) is 103 Å². The van der Waals surface area contributed by atoms with E-state index in [0.717, 1.165) is 95.1 Å². The van der Waals surface area contributed by atoms with E-state index in [-0.39, 0.29) is 21.2 Å². The van der Waals surface area contributed by atoms with Crippen LogP contribution in [0, 0.1) is 32.3 Å². The Morgan fingerprint density at radius 3 is 2.44 bits per heavy atom. The molecule has 4 saturated carbocycles. The number of nitro groups is 1. The molecule has 14 heteroatoms. The molecule has 12 nitrogen and oxygen atoms in total. The molecule has 4 heterocycles. The summed E-state index contributed by atoms with van der Waals surface area (Å²) in [4.78, 5) is 26.4. The fraction of sp³-hybridized carbons (Fsp3) is 0.553. The highest BCUT2D eigenvalue weighted by molar-refractivity contribution is 7.91. The number of likely N-dealkylation sites (tertiary alicyclic amines) is 1. The third-order valence-electron chi connectivity index (χ3n) is 14.8. The minimum atomic E-state index is -4.08. The van der Waals surface area contributed by atoms with Crippen LogP contribution in [0.25, 0.3) is 11.0 Å². The number of fused-ring (bicyclic) bond motifs is 1. The molecule has 1 N–H and O–H groups in total. The average molecular weight is 870 g/mol. The van der Waals surface area contributed by atoms with E-state index in [1.165, 1.54) is 31.4 Å². The molecule has 0 amide bonds. The van der Waals surface area contributed by atoms with Crippen molar-refractivity contribution in [2.24, 2.45) is 22.2 Å². The van der Waals surface area contributed by atoms with Crippen LogP contribution in [0.5, 0.6) is 11.5 Å². The van der Waals surface area contributed by atoms with Gasteiger partial charge >= 0.3 is 5.69 Å². The first kappa shape index (κ1) is 40.9. The number of anilines is 1. The fourth-order valence-corrected chi connectivity index (χ4v) is 14.0. The first-order valence-electron chi connectivity index (χ1n) is 22.0. The van der Waals surface area contributed by atoms with E-state index in [0.29, 0.717) is 45.7 Å². The van der Waals surface area contributed by atoms with Gasteiger partial charge in [-0.25, -0.2) is 13.4 Å². The van der Waals surface area contributed by atoms with Crippen LogP contribution in [0.15, 0.2) is 83.0 Å². The number of hydrogen-bond acceptors (Lipinski definition) is 10. The third-order valence-corrected chi connectivity index (χ3v) is 17.0. The van der Waals surface area contributed by atoms with Crippen LogP contribution >= 0.6 is 11.6 Å². The van der Waals surface area contributed by atoms with E-state index in [4.69, 9.17) is 21.1 Å². The van der Waals surface area contributed by atoms with Crippen LogP contribution < -0.4 is 14.4 Å². The summed E-state index contributed by atoms with van der Waals surface area (Å²) in [6.45, 7) is 12.2. The lowest BCUT2D eigenvalue weighted by Crippen LogP contribution is -2.65. The van der Waals surface area contributed by atoms with Crippen molar-refractivity contribution in [3.8, 4) is 11.5 Å². The number of piperazine rings is 1. The predicted octanol–water partition coefficient (Wildman–Crippen LogP) is 8.58. The number of pyridine rings is 1. The van der Waals surface area contributed by atoms with Gasteiger partial charge in [0.15, 0.2) is 15.6 Å². The molecule has 11 rings (SSSR count). The summed E-state index contributed by atoms with van der Waals surface area (Å²) < 4.78 is 40.7. The van der Waals surface area contributed by atoms with Gasteiger partial charge in [-0.2, -0.15) is 0 Å². The van der Waals surface area contributed by atoms with Crippen molar-refractivity contribution in [3.63, 3.8) is 0 Å². The molecular weight excluding hydrogens is 812 g/mol. The monoisotopic (exact) mass is 868 g/mol. The minimum Gasteiger partial charge on any atom is -0.487 e. The van der Waals surface area contributed by atoms with Crippen LogP contribution in [-0.2, 0) is 9.84 Å². The topological polar surface area (TPSA) is 134 Å². The van der Waals surface area contributed by atoms with E-state index in [1.54, 1.807) is 23.5 Å². The maximum Gasteiger partial charge on any atom is 0.312 e. The predicted molar refractivity (Wildman–Crippen MR) is 237 cm³/mol. The number of nitrogens with one attached hydrogen (secondary N) is 1. The zero-order valence-electron chi connectivity index (χ0n) is 35.5. The molecular formula is C47H57ClN6O6S. The summed E-state index contributed by atoms with van der Waals surface area (Å²) in [5, 5.41) is 13.1. The lowest BCUT2D eigenvalue weighted by atomic mass is 9.39. The number of aromatic amines is 1. The van der Waals surface area contributed by atoms with Gasteiger partial charge in [-0.05, 0) is 123 Å². The zero-order chi connectivity index (χ0) is 42.4. The molecule has 5 aliphatic carbocycles. The highest BCUT2D eigenvalue weighted by atomic mass is 35.5. The van der Waals surface area contributed by atoms with Crippen molar-refractivity contribution in [2.45, 2.75) is 81.1 Å². The maximum absolute atomic E-state index is 14.2. The first-order valence-corrected chi connectivity index (χ1v) is 24.0. The fourth-order valence-electron chi connectivity index (χ4n) is 11.8. The standard InChI is InChI=1S/C47H57ClN6O6S/c1-44(2)12-10-35(39(22-44)46-27-47(48,28-46)29-46)24-52-14-16-53(17-15-52)36-6-4-33(5-7-36)42(60-37-18-34-11-13-49-43(34)50-23-37)26-61(57,58)38-8-9-41(40(19-38)54(55)56)59-25-32-20-45(21-32)30-51(3)31-45/h4-9,11,13,18-19,23,32,42H,10,12,14-17,20-22,24-31H2,1-3H3,(H,49,50). The molecule has 2 aromatic heterocycles. The number of rotatable bonds is 14. The highest BCUT2D eigenvalue weighted by Crippen LogP contribution is 2.75. The lowest BCUT2D eigenvalue weighted by Gasteiger charge is -2.70. The highest BCUT2D eigenvalue weighted by Gasteiger charge is 2.69. The third kappa shape index (κ3) is 7.93. The molecule has 6 fully saturated rings. The van der Waals surface area contributed by atoms with Gasteiger partial charge in [0.2, 0.25) is 0 Å². The largest absolute Gasteiger partial charge is 0.487 e. The second-order valence-corrected chi connectivity index (χ2v) is 23.2. The van der Waals surface area contributed by atoms with E-state index in [9.17, 15) is 18.5 Å². The van der Waals surface area contributed by atoms with Crippen molar-refractivity contribution in [1.29, 1.82) is 0 Å². The molecule has 0 radical (unpaired) electrons. The Hall–Kier alpha value is -4.17. The zero-order valence-corrected chi connectivity index (χ0v) is 37.1. The molecule has 1 spiro atoms. The number of H-pyrrole nitrogens is 1. The van der Waals surface area contributed by atoms with Crippen molar-refractivity contribution in [1.82, 2.24) is 19.8 Å². The number of nitrogens with zero attached hydrogens (tertiary/aromatic N) is 5. The smallest absolute Gasteiger partial charge is 0.312 e. The normalized spacial score (nSPS) is 26.6. The molecule has 61 heavy (non-hydrogen) atoms. The van der Waals surface area contributed by atoms with Gasteiger partial charge in [-0.1, -0.05) is 37.1 Å². The van der Waals surface area contributed by atoms with Crippen molar-refractivity contribution in [3.05, 3.63) is 93.8 Å². The number of sulfone groups is 1. The van der Waals surface area contributed by atoms with Crippen LogP contribution in [0.2, 0.25) is 0 Å². The maximum atomic E-state index is 14.2. The van der Waals surface area contributed by atoms with Crippen LogP contribution in [0.4, 0.5) is 11.4 Å². The molecule has 1 unspecified atom stereocenters. The molecule has 7 aliphatic rings. The number of halogens is 1. The Morgan fingerprint density at radius 1 is 1.02 bits per heavy atom. The lowest BCUT2D eigenvalue weighted by molar-refractivity contribution is -0.386. The van der Waals surface area contributed by atoms with Gasteiger partial charge in [0.1, 0.15) is 17.5 Å². The summed E-state index contributed by atoms with van der Waals surface area (Å²) in [5.74, 6) is 0.400. The number of aromatic nitrogens is 2. The van der Waals surface area contributed by atoms with Gasteiger partial charge in [-0.3, -0.25) is 15.0 Å². The molecule has 324 valence electrons. The van der Waals surface area contributed by atoms with Gasteiger partial charge < -0.3 is 24.3 Å². The molecule has 2 saturated heterocycles. The molecule has 1 atom stereocenters. The summed E-state index contributed by atoms with van der Waals surface area (Å²) in [5.41, 5.74) is 6.57. The SMILES string of the molecule is CN1CC2(CC(COc3ccc(S(=O)(=O)CC(Oc4cnc5[nH]ccc5c4)c4ccc(N5CCN(CC6=C(C78CC(Cl)(C7)C8)CC(C)(C)CC6)CC5)cc4)cc3[N+](=O)[O-])C2)C1. The van der Waals surface area contributed by atoms with Crippen molar-refractivity contribution < 1.29 is 22.8 Å². The van der Waals surface area contributed by atoms with E-state index >= 15 is 0 Å². The first-order chi connectivity index (χ1) is 29.1. The Kier molecular flexibility index (Phi) is 10.0. The van der Waals surface area contributed by atoms with Gasteiger partial charge in [0.25, 0.3) is 0 Å². The number of nitro benzene ring substituents is 1. The second kappa shape index (κ2) is 15.0. The summed E-state index contributed by atoms with van der Waals surface area (Å²) in [6.07, 6.45) is 11.6. The summed E-state index contributed by atoms with van der Waals surface area (Å²) >= 11 is 6.75. The van der Waals surface area contributed by atoms with E-state index in [1.807, 2.05) is 36.4 Å². The minimum absolute atomic E-state index is 0.0759. The summed E-state index contributed by atoms with van der Waals surface area (Å²) in [6, 6.07) is 15.6.